The van der Waals surface area contributed by atoms with Crippen molar-refractivity contribution < 1.29 is 4.42 Å². The van der Waals surface area contributed by atoms with Crippen molar-refractivity contribution in [1.29, 1.82) is 0 Å². The lowest BCUT2D eigenvalue weighted by Crippen LogP contribution is -2.57. The molecule has 0 bridgehead atoms. The van der Waals surface area contributed by atoms with Crippen molar-refractivity contribution in [2.24, 2.45) is 0 Å². The fourth-order valence-electron chi connectivity index (χ4n) is 2.17. The van der Waals surface area contributed by atoms with Crippen LogP contribution in [0.15, 0.2) is 21.2 Å². The van der Waals surface area contributed by atoms with Crippen LogP contribution in [0.2, 0.25) is 0 Å². The Hall–Kier alpha value is -0.320. The summed E-state index contributed by atoms with van der Waals surface area (Å²) in [6, 6.07) is 5.05. The lowest BCUT2D eigenvalue weighted by atomic mass is 10.1. The first kappa shape index (κ1) is 12.1. The van der Waals surface area contributed by atoms with Crippen LogP contribution in [-0.2, 0) is 0 Å². The van der Waals surface area contributed by atoms with Crippen molar-refractivity contribution in [3.63, 3.8) is 0 Å². The van der Waals surface area contributed by atoms with E-state index in [4.69, 9.17) is 4.42 Å². The van der Waals surface area contributed by atoms with Gasteiger partial charge in [0.25, 0.3) is 0 Å². The van der Waals surface area contributed by atoms with Crippen molar-refractivity contribution >= 4 is 15.9 Å². The van der Waals surface area contributed by atoms with Gasteiger partial charge in [-0.3, -0.25) is 4.90 Å². The van der Waals surface area contributed by atoms with E-state index in [9.17, 15) is 0 Å². The van der Waals surface area contributed by atoms with E-state index in [2.05, 4.69) is 46.1 Å². The molecule has 0 spiro atoms. The minimum Gasteiger partial charge on any atom is -0.453 e. The number of nitrogens with zero attached hydrogens (tertiary/aromatic N) is 1. The van der Waals surface area contributed by atoms with Crippen LogP contribution < -0.4 is 5.32 Å². The molecule has 1 aromatic heterocycles. The number of furan rings is 1. The van der Waals surface area contributed by atoms with E-state index in [1.165, 1.54) is 6.42 Å². The zero-order chi connectivity index (χ0) is 11.5. The zero-order valence-electron chi connectivity index (χ0n) is 9.87. The standard InChI is InChI=1S/C12H19BrN2O/c1-3-6-15(10-7-14-8-10)9(2)11-4-5-12(13)16-11/h4-5,9-10,14H,3,6-8H2,1-2H3. The number of hydrogen-bond donors (Lipinski definition) is 1. The van der Waals surface area contributed by atoms with Gasteiger partial charge in [-0.1, -0.05) is 6.92 Å². The van der Waals surface area contributed by atoms with E-state index in [1.807, 2.05) is 6.07 Å². The molecule has 0 radical (unpaired) electrons. The van der Waals surface area contributed by atoms with Crippen LogP contribution in [0.3, 0.4) is 0 Å². The second-order valence-electron chi connectivity index (χ2n) is 4.37. The summed E-state index contributed by atoms with van der Waals surface area (Å²) >= 11 is 3.36. The Kier molecular flexibility index (Phi) is 4.05. The van der Waals surface area contributed by atoms with Crippen LogP contribution in [0.25, 0.3) is 0 Å². The van der Waals surface area contributed by atoms with Crippen LogP contribution in [0, 0.1) is 0 Å². The fourth-order valence-corrected chi connectivity index (χ4v) is 2.49. The van der Waals surface area contributed by atoms with E-state index < -0.39 is 0 Å². The molecule has 4 heteroatoms. The topological polar surface area (TPSA) is 28.4 Å². The molecule has 1 aromatic rings. The molecule has 1 unspecified atom stereocenters. The van der Waals surface area contributed by atoms with Gasteiger partial charge in [0.05, 0.1) is 6.04 Å². The molecule has 90 valence electrons. The molecule has 3 nitrogen and oxygen atoms in total. The second kappa shape index (κ2) is 5.34. The smallest absolute Gasteiger partial charge is 0.169 e. The highest BCUT2D eigenvalue weighted by Crippen LogP contribution is 2.27. The van der Waals surface area contributed by atoms with E-state index in [1.54, 1.807) is 0 Å². The third-order valence-corrected chi connectivity index (χ3v) is 3.64. The zero-order valence-corrected chi connectivity index (χ0v) is 11.5. The largest absolute Gasteiger partial charge is 0.453 e. The molecule has 0 amide bonds. The van der Waals surface area contributed by atoms with Crippen molar-refractivity contribution in [2.75, 3.05) is 19.6 Å². The summed E-state index contributed by atoms with van der Waals surface area (Å²) in [4.78, 5) is 2.53. The van der Waals surface area contributed by atoms with Gasteiger partial charge in [-0.15, -0.1) is 0 Å². The average molecular weight is 287 g/mol. The first-order valence-electron chi connectivity index (χ1n) is 5.94. The Balaban J connectivity index is 2.06. The number of rotatable bonds is 5. The predicted octanol–water partition coefficient (Wildman–Crippen LogP) is 2.79. The molecule has 0 saturated carbocycles. The highest BCUT2D eigenvalue weighted by molar-refractivity contribution is 9.10. The summed E-state index contributed by atoms with van der Waals surface area (Å²) in [6.45, 7) is 7.79. The molecule has 1 saturated heterocycles. The quantitative estimate of drug-likeness (QED) is 0.902. The van der Waals surface area contributed by atoms with Gasteiger partial charge in [-0.05, 0) is 48.0 Å². The maximum absolute atomic E-state index is 5.65. The Morgan fingerprint density at radius 2 is 2.31 bits per heavy atom. The lowest BCUT2D eigenvalue weighted by molar-refractivity contribution is 0.0909. The number of hydrogen-bond acceptors (Lipinski definition) is 3. The molecule has 0 aliphatic carbocycles. The normalized spacial score (nSPS) is 18.8. The maximum atomic E-state index is 5.65. The molecule has 1 aliphatic heterocycles. The van der Waals surface area contributed by atoms with Gasteiger partial charge in [0.1, 0.15) is 5.76 Å². The first-order chi connectivity index (χ1) is 7.72. The molecular weight excluding hydrogens is 268 g/mol. The minimum atomic E-state index is 0.360. The third-order valence-electron chi connectivity index (χ3n) is 3.21. The van der Waals surface area contributed by atoms with Gasteiger partial charge in [0.15, 0.2) is 4.67 Å². The van der Waals surface area contributed by atoms with Crippen LogP contribution in [0.1, 0.15) is 32.1 Å². The molecule has 2 heterocycles. The predicted molar refractivity (Wildman–Crippen MR) is 68.5 cm³/mol. The second-order valence-corrected chi connectivity index (χ2v) is 5.15. The lowest BCUT2D eigenvalue weighted by Gasteiger charge is -2.41. The van der Waals surface area contributed by atoms with Crippen LogP contribution >= 0.6 is 15.9 Å². The van der Waals surface area contributed by atoms with Gasteiger partial charge in [0.2, 0.25) is 0 Å². The molecule has 2 rings (SSSR count). The Morgan fingerprint density at radius 1 is 1.56 bits per heavy atom. The monoisotopic (exact) mass is 286 g/mol. The SMILES string of the molecule is CCCN(C1CNC1)C(C)c1ccc(Br)o1. The summed E-state index contributed by atoms with van der Waals surface area (Å²) in [5.74, 6) is 1.05. The maximum Gasteiger partial charge on any atom is 0.169 e. The molecule has 1 atom stereocenters. The van der Waals surface area contributed by atoms with Crippen LogP contribution in [-0.4, -0.2) is 30.6 Å². The summed E-state index contributed by atoms with van der Waals surface area (Å²) in [7, 11) is 0. The molecular formula is C12H19BrN2O. The van der Waals surface area contributed by atoms with E-state index >= 15 is 0 Å². The van der Waals surface area contributed by atoms with Gasteiger partial charge < -0.3 is 9.73 Å². The average Bonchev–Trinajstić information content (AvgIpc) is 2.60. The van der Waals surface area contributed by atoms with Crippen LogP contribution in [0.4, 0.5) is 0 Å². The fraction of sp³-hybridized carbons (Fsp3) is 0.667. The van der Waals surface area contributed by atoms with Gasteiger partial charge in [-0.2, -0.15) is 0 Å². The molecule has 1 aliphatic rings. The number of halogens is 1. The van der Waals surface area contributed by atoms with Gasteiger partial charge in [0, 0.05) is 19.1 Å². The van der Waals surface area contributed by atoms with E-state index in [0.29, 0.717) is 12.1 Å². The van der Waals surface area contributed by atoms with Crippen molar-refractivity contribution in [2.45, 2.75) is 32.4 Å². The highest BCUT2D eigenvalue weighted by atomic mass is 79.9. The Morgan fingerprint density at radius 3 is 2.75 bits per heavy atom. The van der Waals surface area contributed by atoms with Crippen molar-refractivity contribution in [3.8, 4) is 0 Å². The summed E-state index contributed by atoms with van der Waals surface area (Å²) in [5.41, 5.74) is 0. The molecule has 1 N–H and O–H groups in total. The third kappa shape index (κ3) is 2.50. The minimum absolute atomic E-state index is 0.360. The van der Waals surface area contributed by atoms with E-state index in [0.717, 1.165) is 30.1 Å². The summed E-state index contributed by atoms with van der Waals surface area (Å²) in [6.07, 6.45) is 1.18. The molecule has 16 heavy (non-hydrogen) atoms. The number of nitrogens with one attached hydrogen (secondary N) is 1. The first-order valence-corrected chi connectivity index (χ1v) is 6.73. The van der Waals surface area contributed by atoms with Gasteiger partial charge >= 0.3 is 0 Å². The molecule has 1 fully saturated rings. The molecule has 0 aromatic carbocycles. The highest BCUT2D eigenvalue weighted by Gasteiger charge is 2.29. The van der Waals surface area contributed by atoms with E-state index in [-0.39, 0.29) is 0 Å². The van der Waals surface area contributed by atoms with Crippen molar-refractivity contribution in [3.05, 3.63) is 22.6 Å². The summed E-state index contributed by atoms with van der Waals surface area (Å²) < 4.78 is 6.46. The van der Waals surface area contributed by atoms with Gasteiger partial charge in [-0.25, -0.2) is 0 Å². The van der Waals surface area contributed by atoms with Crippen LogP contribution in [0.5, 0.6) is 0 Å². The Bertz CT molecular complexity index is 336. The van der Waals surface area contributed by atoms with Crippen molar-refractivity contribution in [1.82, 2.24) is 10.2 Å². The summed E-state index contributed by atoms with van der Waals surface area (Å²) in [5, 5.41) is 3.33. The Labute approximate surface area is 105 Å².